The zero-order chi connectivity index (χ0) is 16.9. The smallest absolute Gasteiger partial charge is 0.315 e. The van der Waals surface area contributed by atoms with Crippen LogP contribution in [0.3, 0.4) is 0 Å². The van der Waals surface area contributed by atoms with E-state index in [0.29, 0.717) is 12.1 Å². The Kier molecular flexibility index (Phi) is 5.30. The lowest BCUT2D eigenvalue weighted by Crippen LogP contribution is -2.60. The molecular formula is C19H24FN3O. The van der Waals surface area contributed by atoms with Crippen molar-refractivity contribution in [1.29, 1.82) is 0 Å². The highest BCUT2D eigenvalue weighted by Gasteiger charge is 2.27. The van der Waals surface area contributed by atoms with E-state index in [4.69, 9.17) is 0 Å². The third-order valence-electron chi connectivity index (χ3n) is 4.46. The third-order valence-corrected chi connectivity index (χ3v) is 4.46. The second kappa shape index (κ2) is 7.62. The van der Waals surface area contributed by atoms with Crippen LogP contribution in [0.15, 0.2) is 42.0 Å². The number of benzene rings is 1. The van der Waals surface area contributed by atoms with Gasteiger partial charge in [0, 0.05) is 26.2 Å². The first-order chi connectivity index (χ1) is 11.6. The fourth-order valence-corrected chi connectivity index (χ4v) is 3.00. The molecule has 128 valence electrons. The molecule has 2 aliphatic rings. The molecular weight excluding hydrogens is 305 g/mol. The van der Waals surface area contributed by atoms with Gasteiger partial charge in [0.1, 0.15) is 5.82 Å². The largest absolute Gasteiger partial charge is 0.334 e. The van der Waals surface area contributed by atoms with Crippen molar-refractivity contribution in [2.45, 2.75) is 32.4 Å². The maximum atomic E-state index is 13.5. The summed E-state index contributed by atoms with van der Waals surface area (Å²) in [6, 6.07) is 5.01. The van der Waals surface area contributed by atoms with Gasteiger partial charge in [-0.2, -0.15) is 0 Å². The van der Waals surface area contributed by atoms with Gasteiger partial charge in [-0.3, -0.25) is 4.90 Å². The molecule has 1 aliphatic heterocycles. The summed E-state index contributed by atoms with van der Waals surface area (Å²) in [6.07, 6.45) is 8.96. The fraction of sp³-hybridized carbons (Fsp3) is 0.421. The summed E-state index contributed by atoms with van der Waals surface area (Å²) in [4.78, 5) is 14.2. The van der Waals surface area contributed by atoms with Crippen LogP contribution < -0.4 is 10.6 Å². The molecule has 1 heterocycles. The topological polar surface area (TPSA) is 44.4 Å². The van der Waals surface area contributed by atoms with Crippen molar-refractivity contribution in [1.82, 2.24) is 15.5 Å². The third kappa shape index (κ3) is 4.45. The molecule has 0 bridgehead atoms. The van der Waals surface area contributed by atoms with Crippen LogP contribution in [0, 0.1) is 12.7 Å². The highest BCUT2D eigenvalue weighted by molar-refractivity contribution is 5.74. The van der Waals surface area contributed by atoms with E-state index in [0.717, 1.165) is 38.0 Å². The first-order valence-electron chi connectivity index (χ1n) is 8.47. The van der Waals surface area contributed by atoms with Crippen LogP contribution in [-0.4, -0.2) is 36.6 Å². The van der Waals surface area contributed by atoms with Gasteiger partial charge in [0.05, 0.1) is 6.04 Å². The molecule has 1 aromatic carbocycles. The van der Waals surface area contributed by atoms with Gasteiger partial charge in [-0.15, -0.1) is 0 Å². The molecule has 4 nitrogen and oxygen atoms in total. The van der Waals surface area contributed by atoms with Gasteiger partial charge < -0.3 is 10.6 Å². The van der Waals surface area contributed by atoms with Gasteiger partial charge in [0.15, 0.2) is 0 Å². The molecule has 5 heteroatoms. The first-order valence-corrected chi connectivity index (χ1v) is 8.47. The number of carbonyl (C=O) groups is 1. The van der Waals surface area contributed by atoms with E-state index in [-0.39, 0.29) is 17.9 Å². The molecule has 0 radical (unpaired) electrons. The van der Waals surface area contributed by atoms with Gasteiger partial charge in [0.2, 0.25) is 0 Å². The lowest BCUT2D eigenvalue weighted by atomic mass is 10.0. The molecule has 3 rings (SSSR count). The minimum atomic E-state index is -0.240. The van der Waals surface area contributed by atoms with Crippen LogP contribution in [0.25, 0.3) is 0 Å². The Labute approximate surface area is 142 Å². The Morgan fingerprint density at radius 1 is 1.33 bits per heavy atom. The summed E-state index contributed by atoms with van der Waals surface area (Å²) >= 11 is 0. The summed E-state index contributed by atoms with van der Waals surface area (Å²) in [5, 5.41) is 5.74. The van der Waals surface area contributed by atoms with Crippen LogP contribution >= 0.6 is 0 Å². The van der Waals surface area contributed by atoms with E-state index >= 15 is 0 Å². The quantitative estimate of drug-likeness (QED) is 0.872. The number of halogens is 1. The summed E-state index contributed by atoms with van der Waals surface area (Å²) in [6.45, 7) is 4.76. The molecule has 0 aromatic heterocycles. The van der Waals surface area contributed by atoms with E-state index in [1.54, 1.807) is 13.0 Å². The van der Waals surface area contributed by atoms with Gasteiger partial charge in [-0.05, 0) is 42.5 Å². The summed E-state index contributed by atoms with van der Waals surface area (Å²) < 4.78 is 13.5. The molecule has 1 fully saturated rings. The first kappa shape index (κ1) is 16.7. The highest BCUT2D eigenvalue weighted by Crippen LogP contribution is 2.15. The van der Waals surface area contributed by atoms with E-state index in [9.17, 15) is 9.18 Å². The van der Waals surface area contributed by atoms with Crippen LogP contribution in [0.4, 0.5) is 9.18 Å². The second-order valence-electron chi connectivity index (χ2n) is 6.56. The molecule has 24 heavy (non-hydrogen) atoms. The Morgan fingerprint density at radius 3 is 2.88 bits per heavy atom. The lowest BCUT2D eigenvalue weighted by molar-refractivity contribution is 0.142. The number of allylic oxidation sites excluding steroid dienone is 2. The zero-order valence-electron chi connectivity index (χ0n) is 14.0. The average molecular weight is 329 g/mol. The van der Waals surface area contributed by atoms with E-state index in [1.165, 1.54) is 11.6 Å². The number of urea groups is 1. The number of carbonyl (C=O) groups excluding carboxylic acids is 1. The van der Waals surface area contributed by atoms with Gasteiger partial charge in [-0.25, -0.2) is 9.18 Å². The van der Waals surface area contributed by atoms with E-state index < -0.39 is 0 Å². The standard InChI is InChI=1S/C19H24FN3O/c1-14-7-8-16(9-18(14)20)10-21-19(24)22-17-12-23(13-17)11-15-5-3-2-4-6-15/h3,5-9,17H,2,4,10-13H2,1H3,(H2,21,22,24). The minimum absolute atomic E-state index is 0.188. The van der Waals surface area contributed by atoms with Crippen molar-refractivity contribution in [3.05, 3.63) is 58.9 Å². The number of likely N-dealkylation sites (tertiary alicyclic amines) is 1. The number of aryl methyl sites for hydroxylation is 1. The molecule has 0 saturated carbocycles. The summed E-state index contributed by atoms with van der Waals surface area (Å²) in [7, 11) is 0. The van der Waals surface area contributed by atoms with Gasteiger partial charge in [-0.1, -0.05) is 30.4 Å². The maximum Gasteiger partial charge on any atom is 0.315 e. The molecule has 1 aromatic rings. The minimum Gasteiger partial charge on any atom is -0.334 e. The van der Waals surface area contributed by atoms with Crippen LogP contribution in [0.2, 0.25) is 0 Å². The summed E-state index contributed by atoms with van der Waals surface area (Å²) in [5.74, 6) is -0.240. The van der Waals surface area contributed by atoms with E-state index in [2.05, 4.69) is 33.8 Å². The Bertz CT molecular complexity index is 663. The van der Waals surface area contributed by atoms with Crippen molar-refractivity contribution in [2.24, 2.45) is 0 Å². The van der Waals surface area contributed by atoms with Crippen molar-refractivity contribution in [3.63, 3.8) is 0 Å². The molecule has 1 aliphatic carbocycles. The number of amides is 2. The van der Waals surface area contributed by atoms with Crippen molar-refractivity contribution < 1.29 is 9.18 Å². The Morgan fingerprint density at radius 2 is 2.17 bits per heavy atom. The molecule has 2 N–H and O–H groups in total. The van der Waals surface area contributed by atoms with Crippen molar-refractivity contribution in [3.8, 4) is 0 Å². The Hall–Kier alpha value is -2.14. The number of nitrogens with zero attached hydrogens (tertiary/aromatic N) is 1. The van der Waals surface area contributed by atoms with Crippen LogP contribution in [0.1, 0.15) is 24.0 Å². The van der Waals surface area contributed by atoms with Gasteiger partial charge >= 0.3 is 6.03 Å². The number of hydrogen-bond donors (Lipinski definition) is 2. The monoisotopic (exact) mass is 329 g/mol. The molecule has 2 amide bonds. The SMILES string of the molecule is Cc1ccc(CNC(=O)NC2CN(CC3=CCCC=C3)C2)cc1F. The average Bonchev–Trinajstić information content (AvgIpc) is 2.55. The predicted molar refractivity (Wildman–Crippen MR) is 93.2 cm³/mol. The highest BCUT2D eigenvalue weighted by atomic mass is 19.1. The van der Waals surface area contributed by atoms with Crippen LogP contribution in [-0.2, 0) is 6.54 Å². The fourth-order valence-electron chi connectivity index (χ4n) is 3.00. The van der Waals surface area contributed by atoms with E-state index in [1.807, 2.05) is 6.07 Å². The molecule has 1 saturated heterocycles. The number of nitrogens with one attached hydrogen (secondary N) is 2. The number of rotatable bonds is 5. The second-order valence-corrected chi connectivity index (χ2v) is 6.56. The van der Waals surface area contributed by atoms with Gasteiger partial charge in [0.25, 0.3) is 0 Å². The van der Waals surface area contributed by atoms with Crippen LogP contribution in [0.5, 0.6) is 0 Å². The molecule has 0 unspecified atom stereocenters. The molecule has 0 atom stereocenters. The number of hydrogen-bond acceptors (Lipinski definition) is 2. The molecule has 0 spiro atoms. The Balaban J connectivity index is 1.35. The summed E-state index contributed by atoms with van der Waals surface area (Å²) in [5.41, 5.74) is 2.74. The maximum absolute atomic E-state index is 13.5. The van der Waals surface area contributed by atoms with Crippen molar-refractivity contribution >= 4 is 6.03 Å². The lowest BCUT2D eigenvalue weighted by Gasteiger charge is -2.39. The normalized spacial score (nSPS) is 18.0. The van der Waals surface area contributed by atoms with Crippen molar-refractivity contribution in [2.75, 3.05) is 19.6 Å². The predicted octanol–water partition coefficient (Wildman–Crippen LogP) is 2.89. The zero-order valence-corrected chi connectivity index (χ0v) is 14.0.